The van der Waals surface area contributed by atoms with Crippen molar-refractivity contribution >= 4 is 5.97 Å². The molecule has 1 N–H and O–H groups in total. The van der Waals surface area contributed by atoms with Crippen molar-refractivity contribution in [3.8, 4) is 0 Å². The predicted octanol–water partition coefficient (Wildman–Crippen LogP) is 2.85. The Morgan fingerprint density at radius 2 is 2.00 bits per heavy atom. The molecule has 0 saturated carbocycles. The molecule has 146 valence electrons. The number of aliphatic hydroxyl groups is 1. The average Bonchev–Trinajstić information content (AvgIpc) is 2.61. The lowest BCUT2D eigenvalue weighted by molar-refractivity contribution is -0.220. The lowest BCUT2D eigenvalue weighted by atomic mass is 9.88. The lowest BCUT2D eigenvalue weighted by Crippen LogP contribution is -2.47. The highest BCUT2D eigenvalue weighted by Gasteiger charge is 2.45. The van der Waals surface area contributed by atoms with Crippen molar-refractivity contribution in [2.75, 3.05) is 13.2 Å². The third-order valence-electron chi connectivity index (χ3n) is 4.39. The standard InChI is InChI=1S/C18H23F3O5/c1-12-15(7-8-24-11-13-5-3-2-4-6-13)25-14(10-22)9-16(12)26-17(23)18(19,20)21/h2-6,12,14-16,22H,7-11H2,1H3/t12-,14-,15-,16-/m0/s1. The van der Waals surface area contributed by atoms with Crippen LogP contribution in [0.25, 0.3) is 0 Å². The zero-order valence-electron chi connectivity index (χ0n) is 14.4. The molecule has 0 bridgehead atoms. The first kappa shape index (κ1) is 20.7. The van der Waals surface area contributed by atoms with E-state index in [0.29, 0.717) is 19.6 Å². The largest absolute Gasteiger partial charge is 0.490 e. The molecule has 0 aromatic heterocycles. The molecule has 0 spiro atoms. The van der Waals surface area contributed by atoms with Crippen molar-refractivity contribution in [1.82, 2.24) is 0 Å². The number of esters is 1. The molecule has 0 amide bonds. The molecular weight excluding hydrogens is 353 g/mol. The van der Waals surface area contributed by atoms with E-state index in [1.165, 1.54) is 0 Å². The number of aliphatic hydroxyl groups excluding tert-OH is 1. The molecule has 5 nitrogen and oxygen atoms in total. The van der Waals surface area contributed by atoms with E-state index in [-0.39, 0.29) is 13.0 Å². The predicted molar refractivity (Wildman–Crippen MR) is 86.2 cm³/mol. The molecule has 8 heteroatoms. The third kappa shape index (κ3) is 5.96. The van der Waals surface area contributed by atoms with Crippen molar-refractivity contribution in [2.24, 2.45) is 5.92 Å². The number of alkyl halides is 3. The molecule has 0 unspecified atom stereocenters. The Morgan fingerprint density at radius 1 is 1.31 bits per heavy atom. The average molecular weight is 376 g/mol. The van der Waals surface area contributed by atoms with Gasteiger partial charge in [-0.25, -0.2) is 4.79 Å². The van der Waals surface area contributed by atoms with Crippen LogP contribution in [0, 0.1) is 5.92 Å². The number of ether oxygens (including phenoxy) is 3. The molecule has 1 aromatic carbocycles. The summed E-state index contributed by atoms with van der Waals surface area (Å²) in [6.45, 7) is 2.07. The Morgan fingerprint density at radius 3 is 2.62 bits per heavy atom. The number of carbonyl (C=O) groups excluding carboxylic acids is 1. The van der Waals surface area contributed by atoms with Crippen molar-refractivity contribution in [3.05, 3.63) is 35.9 Å². The van der Waals surface area contributed by atoms with Gasteiger partial charge in [0, 0.05) is 18.9 Å². The van der Waals surface area contributed by atoms with Crippen LogP contribution in [0.5, 0.6) is 0 Å². The molecule has 1 aliphatic heterocycles. The second-order valence-electron chi connectivity index (χ2n) is 6.34. The minimum absolute atomic E-state index is 0.0286. The summed E-state index contributed by atoms with van der Waals surface area (Å²) in [4.78, 5) is 11.1. The number of halogens is 3. The van der Waals surface area contributed by atoms with Crippen LogP contribution >= 0.6 is 0 Å². The Hall–Kier alpha value is -1.64. The summed E-state index contributed by atoms with van der Waals surface area (Å²) < 4.78 is 53.2. The lowest BCUT2D eigenvalue weighted by Gasteiger charge is -2.39. The van der Waals surface area contributed by atoms with Crippen LogP contribution in [0.2, 0.25) is 0 Å². The van der Waals surface area contributed by atoms with Crippen molar-refractivity contribution in [3.63, 3.8) is 0 Å². The maximum Gasteiger partial charge on any atom is 0.490 e. The molecule has 26 heavy (non-hydrogen) atoms. The van der Waals surface area contributed by atoms with Gasteiger partial charge in [0.05, 0.1) is 25.4 Å². The topological polar surface area (TPSA) is 65.0 Å². The van der Waals surface area contributed by atoms with Gasteiger partial charge in [-0.3, -0.25) is 0 Å². The normalized spacial score (nSPS) is 26.5. The zero-order valence-corrected chi connectivity index (χ0v) is 14.4. The molecule has 1 fully saturated rings. The first-order valence-corrected chi connectivity index (χ1v) is 8.47. The molecule has 1 aromatic rings. The highest BCUT2D eigenvalue weighted by molar-refractivity contribution is 5.75. The van der Waals surface area contributed by atoms with Crippen molar-refractivity contribution < 1.29 is 37.3 Å². The van der Waals surface area contributed by atoms with Gasteiger partial charge in [0.15, 0.2) is 0 Å². The quantitative estimate of drug-likeness (QED) is 0.586. The van der Waals surface area contributed by atoms with E-state index in [1.807, 2.05) is 30.3 Å². The summed E-state index contributed by atoms with van der Waals surface area (Å²) in [5, 5.41) is 9.31. The van der Waals surface area contributed by atoms with Crippen LogP contribution in [0.4, 0.5) is 13.2 Å². The summed E-state index contributed by atoms with van der Waals surface area (Å²) in [7, 11) is 0. The van der Waals surface area contributed by atoms with E-state index in [2.05, 4.69) is 4.74 Å². The van der Waals surface area contributed by atoms with Gasteiger partial charge in [0.2, 0.25) is 0 Å². The van der Waals surface area contributed by atoms with Crippen LogP contribution in [-0.4, -0.2) is 48.8 Å². The van der Waals surface area contributed by atoms with E-state index >= 15 is 0 Å². The molecule has 0 aliphatic carbocycles. The summed E-state index contributed by atoms with van der Waals surface area (Å²) in [6, 6.07) is 9.55. The Balaban J connectivity index is 1.86. The van der Waals surface area contributed by atoms with Crippen LogP contribution in [-0.2, 0) is 25.6 Å². The molecule has 0 radical (unpaired) electrons. The number of hydrogen-bond acceptors (Lipinski definition) is 5. The summed E-state index contributed by atoms with van der Waals surface area (Å²) in [5.74, 6) is -2.66. The van der Waals surface area contributed by atoms with Crippen LogP contribution in [0.3, 0.4) is 0 Å². The van der Waals surface area contributed by atoms with E-state index in [4.69, 9.17) is 9.47 Å². The highest BCUT2D eigenvalue weighted by Crippen LogP contribution is 2.31. The summed E-state index contributed by atoms with van der Waals surface area (Å²) >= 11 is 0. The first-order valence-electron chi connectivity index (χ1n) is 8.47. The van der Waals surface area contributed by atoms with Crippen molar-refractivity contribution in [1.29, 1.82) is 0 Å². The van der Waals surface area contributed by atoms with Gasteiger partial charge in [0.25, 0.3) is 0 Å². The molecule has 1 saturated heterocycles. The van der Waals surface area contributed by atoms with Crippen LogP contribution in [0.1, 0.15) is 25.3 Å². The minimum atomic E-state index is -5.04. The Labute approximate surface area is 150 Å². The van der Waals surface area contributed by atoms with Gasteiger partial charge in [-0.1, -0.05) is 37.3 Å². The molecule has 4 atom stereocenters. The van der Waals surface area contributed by atoms with Crippen molar-refractivity contribution in [2.45, 2.75) is 50.9 Å². The molecule has 1 aliphatic rings. The van der Waals surface area contributed by atoms with E-state index < -0.39 is 36.4 Å². The highest BCUT2D eigenvalue weighted by atomic mass is 19.4. The second-order valence-corrected chi connectivity index (χ2v) is 6.34. The minimum Gasteiger partial charge on any atom is -0.455 e. The van der Waals surface area contributed by atoms with E-state index in [9.17, 15) is 23.1 Å². The number of hydrogen-bond donors (Lipinski definition) is 1. The summed E-state index contributed by atoms with van der Waals surface area (Å²) in [6.07, 6.45) is -6.69. The van der Waals surface area contributed by atoms with Gasteiger partial charge in [-0.05, 0) is 12.0 Å². The zero-order chi connectivity index (χ0) is 19.2. The Bertz CT molecular complexity index is 564. The van der Waals surface area contributed by atoms with Gasteiger partial charge in [-0.2, -0.15) is 13.2 Å². The molecule has 2 rings (SSSR count). The van der Waals surface area contributed by atoms with E-state index in [1.54, 1.807) is 6.92 Å². The fraction of sp³-hybridized carbons (Fsp3) is 0.611. The van der Waals surface area contributed by atoms with Crippen LogP contribution in [0.15, 0.2) is 30.3 Å². The maximum absolute atomic E-state index is 12.4. The molecule has 1 heterocycles. The smallest absolute Gasteiger partial charge is 0.455 e. The monoisotopic (exact) mass is 376 g/mol. The SMILES string of the molecule is C[C@@H]1[C@@H](OC(=O)C(F)(F)F)C[C@@H](CO)O[C@H]1CCOCc1ccccc1. The number of carbonyl (C=O) groups is 1. The van der Waals surface area contributed by atoms with Gasteiger partial charge in [-0.15, -0.1) is 0 Å². The maximum atomic E-state index is 12.4. The summed E-state index contributed by atoms with van der Waals surface area (Å²) in [5.41, 5.74) is 1.01. The number of rotatable bonds is 7. The van der Waals surface area contributed by atoms with Gasteiger partial charge < -0.3 is 19.3 Å². The number of benzene rings is 1. The fourth-order valence-corrected chi connectivity index (χ4v) is 2.91. The third-order valence-corrected chi connectivity index (χ3v) is 4.39. The first-order chi connectivity index (χ1) is 12.3. The Kier molecular flexibility index (Phi) is 7.43. The van der Waals surface area contributed by atoms with E-state index in [0.717, 1.165) is 5.56 Å². The molecular formula is C18H23F3O5. The fourth-order valence-electron chi connectivity index (χ4n) is 2.91. The second kappa shape index (κ2) is 9.34. The van der Waals surface area contributed by atoms with Gasteiger partial charge in [0.1, 0.15) is 6.10 Å². The van der Waals surface area contributed by atoms with Crippen LogP contribution < -0.4 is 0 Å². The van der Waals surface area contributed by atoms with Gasteiger partial charge >= 0.3 is 12.1 Å².